The van der Waals surface area contributed by atoms with Crippen molar-refractivity contribution >= 4 is 43.4 Å². The highest BCUT2D eigenvalue weighted by molar-refractivity contribution is 15.0. The smallest absolute Gasteiger partial charge is 0.438 e. The van der Waals surface area contributed by atoms with Gasteiger partial charge in [-0.25, -0.2) is 4.79 Å². The van der Waals surface area contributed by atoms with Gasteiger partial charge in [0.25, 0.3) is 0 Å². The molecule has 0 amide bonds. The van der Waals surface area contributed by atoms with Crippen LogP contribution < -0.4 is 0 Å². The zero-order chi connectivity index (χ0) is 6.99. The fourth-order valence-corrected chi connectivity index (χ4v) is 0.0833. The first-order valence-corrected chi connectivity index (χ1v) is 7.86. The van der Waals surface area contributed by atoms with E-state index in [-0.39, 0.29) is 7.43 Å². The van der Waals surface area contributed by atoms with Crippen LogP contribution >= 0.6 is 37.2 Å². The average molecular weight is 360 g/mol. The van der Waals surface area contributed by atoms with Gasteiger partial charge in [-0.3, -0.25) is 0 Å². The quantitative estimate of drug-likeness (QED) is 0.493. The van der Waals surface area contributed by atoms with Crippen LogP contribution in [-0.2, 0) is 9.47 Å². The van der Waals surface area contributed by atoms with Crippen LogP contribution in [0, 0.1) is 0 Å². The van der Waals surface area contributed by atoms with Crippen molar-refractivity contribution in [3.63, 3.8) is 0 Å². The van der Waals surface area contributed by atoms with Crippen LogP contribution in [-0.4, -0.2) is 20.4 Å². The highest BCUT2D eigenvalue weighted by Crippen LogP contribution is 1.89. The molecule has 0 spiro atoms. The zero-order valence-corrected chi connectivity index (χ0v) is 8.80. The fourth-order valence-electron chi connectivity index (χ4n) is 0.0833. The molecular weight excluding hydrogens is 350 g/mol. The van der Waals surface area contributed by atoms with Gasteiger partial charge in [-0.05, 0) is 0 Å². The Morgan fingerprint density at radius 2 is 1.44 bits per heavy atom. The normalized spacial score (nSPS) is 5.33. The van der Waals surface area contributed by atoms with Crippen LogP contribution in [0.3, 0.4) is 0 Å². The Morgan fingerprint density at radius 3 is 1.44 bits per heavy atom. The third-order valence-corrected chi connectivity index (χ3v) is 0.333. The van der Waals surface area contributed by atoms with Gasteiger partial charge >= 0.3 is 6.16 Å². The lowest BCUT2D eigenvalue weighted by Crippen LogP contribution is -1.97. The van der Waals surface area contributed by atoms with Gasteiger partial charge in [0.2, 0.25) is 0 Å². The second kappa shape index (κ2) is 15.9. The van der Waals surface area contributed by atoms with E-state index < -0.39 is 6.16 Å². The summed E-state index contributed by atoms with van der Waals surface area (Å²) in [6.07, 6.45) is -0.657. The molecule has 3 nitrogen and oxygen atoms in total. The average Bonchev–Trinajstić information content (AvgIpc) is 1.91. The van der Waals surface area contributed by atoms with Gasteiger partial charge in [0.05, 0.1) is 14.2 Å². The van der Waals surface area contributed by atoms with E-state index in [2.05, 4.69) is 46.7 Å². The van der Waals surface area contributed by atoms with Gasteiger partial charge in [0.15, 0.2) is 0 Å². The minimum atomic E-state index is -0.657. The highest BCUT2D eigenvalue weighted by atomic mass is 128. The van der Waals surface area contributed by atoms with Crippen LogP contribution in [0.4, 0.5) is 4.79 Å². The summed E-state index contributed by atoms with van der Waals surface area (Å²) in [6, 6.07) is 0. The molecule has 0 heterocycles. The van der Waals surface area contributed by atoms with Gasteiger partial charge in [0, 0.05) is 37.2 Å². The molecule has 0 aliphatic rings. The molecule has 0 saturated heterocycles. The van der Waals surface area contributed by atoms with Crippen LogP contribution in [0.25, 0.3) is 0 Å². The van der Waals surface area contributed by atoms with Crippen molar-refractivity contribution in [1.82, 2.24) is 0 Å². The Hall–Kier alpha value is 0.730. The molecule has 0 N–H and O–H groups in total. The molecule has 0 aliphatic heterocycles. The molecule has 58 valence electrons. The largest absolute Gasteiger partial charge is 0.507 e. The molecule has 0 rings (SSSR count). The number of hydrogen-bond acceptors (Lipinski definition) is 3. The van der Waals surface area contributed by atoms with E-state index >= 15 is 0 Å². The topological polar surface area (TPSA) is 35.5 Å². The molecule has 0 aromatic carbocycles. The van der Waals surface area contributed by atoms with Crippen LogP contribution in [0.15, 0.2) is 0 Å². The summed E-state index contributed by atoms with van der Waals surface area (Å²) in [4.78, 5) is 9.74. The molecule has 0 saturated carbocycles. The van der Waals surface area contributed by atoms with E-state index in [4.69, 9.17) is 0 Å². The van der Waals surface area contributed by atoms with Crippen molar-refractivity contribution in [2.24, 2.45) is 0 Å². The Bertz CT molecular complexity index is 51.8. The Kier molecular flexibility index (Phi) is 28.9. The predicted molar refractivity (Wildman–Crippen MR) is 54.2 cm³/mol. The number of carbonyl (C=O) groups excluding carboxylic acids is 1. The number of ether oxygens (including phenoxy) is 2. The summed E-state index contributed by atoms with van der Waals surface area (Å²) in [5, 5.41) is 0. The molecule has 0 unspecified atom stereocenters. The lowest BCUT2D eigenvalue weighted by atomic mass is 11.3. The van der Waals surface area contributed by atoms with Crippen molar-refractivity contribution in [3.05, 3.63) is 0 Å². The first-order valence-electron chi connectivity index (χ1n) is 1.57. The van der Waals surface area contributed by atoms with Gasteiger partial charge in [0.1, 0.15) is 0 Å². The maximum absolute atomic E-state index is 9.74. The van der Waals surface area contributed by atoms with Gasteiger partial charge in [-0.1, -0.05) is 7.43 Å². The van der Waals surface area contributed by atoms with Crippen molar-refractivity contribution in [1.29, 1.82) is 0 Å². The molecule has 0 bridgehead atoms. The predicted octanol–water partition coefficient (Wildman–Crippen LogP) is 2.81. The Morgan fingerprint density at radius 1 is 1.22 bits per heavy atom. The molecule has 0 aliphatic carbocycles. The molecule has 0 aromatic rings. The number of halogens is 2. The van der Waals surface area contributed by atoms with E-state index in [9.17, 15) is 4.79 Å². The lowest BCUT2D eigenvalue weighted by molar-refractivity contribution is 0.0924. The van der Waals surface area contributed by atoms with Gasteiger partial charge in [-0.15, -0.1) is 0 Å². The van der Waals surface area contributed by atoms with E-state index in [0.29, 0.717) is 0 Å². The second-order valence-corrected chi connectivity index (χ2v) is 0.658. The number of hydrogen-bond donors (Lipinski definition) is 0. The summed E-state index contributed by atoms with van der Waals surface area (Å²) >= 11 is 4.24. The van der Waals surface area contributed by atoms with Crippen molar-refractivity contribution in [2.75, 3.05) is 14.2 Å². The molecule has 0 radical (unpaired) electrons. The maximum Gasteiger partial charge on any atom is 0.507 e. The monoisotopic (exact) mass is 360 g/mol. The Labute approximate surface area is 78.8 Å². The summed E-state index contributed by atoms with van der Waals surface area (Å²) in [7, 11) is 2.51. The summed E-state index contributed by atoms with van der Waals surface area (Å²) in [6.45, 7) is 0. The molecule has 5 heteroatoms. The van der Waals surface area contributed by atoms with Crippen molar-refractivity contribution in [2.45, 2.75) is 7.43 Å². The zero-order valence-electron chi connectivity index (χ0n) is 4.48. The maximum atomic E-state index is 9.74. The minimum Gasteiger partial charge on any atom is -0.438 e. The van der Waals surface area contributed by atoms with Crippen LogP contribution in [0.1, 0.15) is 7.43 Å². The third-order valence-electron chi connectivity index (χ3n) is 0.333. The number of methoxy groups -OCH3 is 2. The van der Waals surface area contributed by atoms with Crippen LogP contribution in [0.2, 0.25) is 0 Å². The Balaban J connectivity index is -0.000000109. The molecule has 0 fully saturated rings. The molecule has 9 heavy (non-hydrogen) atoms. The molecule has 0 aromatic heterocycles. The minimum absolute atomic E-state index is 0. The van der Waals surface area contributed by atoms with E-state index in [1.54, 1.807) is 0 Å². The first kappa shape index (κ1) is 16.4. The third kappa shape index (κ3) is 17.7. The molecular formula is C4H10I2O3. The van der Waals surface area contributed by atoms with E-state index in [1.165, 1.54) is 14.2 Å². The SMILES string of the molecule is C.COC(=O)OC.II. The van der Waals surface area contributed by atoms with E-state index in [0.717, 1.165) is 0 Å². The highest BCUT2D eigenvalue weighted by Gasteiger charge is 1.88. The summed E-state index contributed by atoms with van der Waals surface area (Å²) < 4.78 is 8.08. The fraction of sp³-hybridized carbons (Fsp3) is 0.750. The van der Waals surface area contributed by atoms with Crippen molar-refractivity contribution in [3.8, 4) is 0 Å². The van der Waals surface area contributed by atoms with Crippen molar-refractivity contribution < 1.29 is 14.3 Å². The van der Waals surface area contributed by atoms with Crippen LogP contribution in [0.5, 0.6) is 0 Å². The number of rotatable bonds is 0. The first-order chi connectivity index (χ1) is 3.81. The van der Waals surface area contributed by atoms with E-state index in [1.807, 2.05) is 0 Å². The number of carbonyl (C=O) groups is 1. The standard InChI is InChI=1S/C3H6O3.CH4.I2/c1-5-3(4)6-2;;1-2/h1-2H3;1H4;. The summed E-state index contributed by atoms with van der Waals surface area (Å²) in [5.41, 5.74) is 0. The molecule has 0 atom stereocenters. The van der Waals surface area contributed by atoms with Gasteiger partial charge in [-0.2, -0.15) is 0 Å². The lowest BCUT2D eigenvalue weighted by Gasteiger charge is -1.89. The second-order valence-electron chi connectivity index (χ2n) is 0.658. The summed E-state index contributed by atoms with van der Waals surface area (Å²) in [5.74, 6) is 0. The van der Waals surface area contributed by atoms with Gasteiger partial charge < -0.3 is 9.47 Å².